The van der Waals surface area contributed by atoms with Crippen LogP contribution in [-0.2, 0) is 4.79 Å². The van der Waals surface area contributed by atoms with Gasteiger partial charge in [0.2, 0.25) is 5.13 Å². The zero-order valence-electron chi connectivity index (χ0n) is 7.78. The third-order valence-corrected chi connectivity index (χ3v) is 3.21. The van der Waals surface area contributed by atoms with Crippen LogP contribution in [0.4, 0.5) is 5.13 Å². The average Bonchev–Trinajstić information content (AvgIpc) is 2.43. The second-order valence-electron chi connectivity index (χ2n) is 3.51. The molecule has 76 valence electrons. The lowest BCUT2D eigenvalue weighted by molar-refractivity contribution is -0.145. The van der Waals surface area contributed by atoms with Crippen molar-refractivity contribution in [2.45, 2.75) is 31.7 Å². The molecule has 1 aromatic rings. The van der Waals surface area contributed by atoms with Crippen molar-refractivity contribution in [3.05, 3.63) is 5.82 Å². The maximum absolute atomic E-state index is 11.0. The molecular formula is C8H11N3O2S. The molecule has 0 spiro atoms. The molecule has 1 aliphatic rings. The number of hydrogen-bond acceptors (Lipinski definition) is 5. The molecule has 0 amide bonds. The van der Waals surface area contributed by atoms with Gasteiger partial charge in [0.15, 0.2) is 0 Å². The number of aliphatic carboxylic acids is 1. The fraction of sp³-hybridized carbons (Fsp3) is 0.625. The number of anilines is 1. The van der Waals surface area contributed by atoms with Crippen LogP contribution in [-0.4, -0.2) is 26.0 Å². The van der Waals surface area contributed by atoms with Crippen LogP contribution in [0.3, 0.4) is 0 Å². The molecule has 0 bridgehead atoms. The first-order chi connectivity index (χ1) is 6.62. The lowest BCUT2D eigenvalue weighted by Gasteiger charge is -2.37. The number of carboxylic acid groups (broad SMARTS) is 1. The molecule has 2 N–H and O–H groups in total. The van der Waals surface area contributed by atoms with Crippen molar-refractivity contribution in [1.29, 1.82) is 0 Å². The standard InChI is InChI=1S/C8H11N3O2S/c1-5-9-7(14-11-5)10-8(6(12)13)3-2-4-8/h2-4H2,1H3,(H,12,13)(H,9,10,11). The largest absolute Gasteiger partial charge is 0.480 e. The molecule has 0 aromatic carbocycles. The van der Waals surface area contributed by atoms with Gasteiger partial charge in [-0.2, -0.15) is 4.37 Å². The molecule has 0 atom stereocenters. The van der Waals surface area contributed by atoms with Crippen LogP contribution < -0.4 is 5.32 Å². The third-order valence-electron chi connectivity index (χ3n) is 2.49. The molecule has 1 heterocycles. The van der Waals surface area contributed by atoms with Crippen LogP contribution in [0, 0.1) is 6.92 Å². The quantitative estimate of drug-likeness (QED) is 0.790. The maximum atomic E-state index is 11.0. The van der Waals surface area contributed by atoms with E-state index in [9.17, 15) is 4.79 Å². The highest BCUT2D eigenvalue weighted by Crippen LogP contribution is 2.35. The zero-order chi connectivity index (χ0) is 10.2. The number of rotatable bonds is 3. The number of aryl methyl sites for hydroxylation is 1. The first-order valence-electron chi connectivity index (χ1n) is 4.44. The number of hydrogen-bond donors (Lipinski definition) is 2. The van der Waals surface area contributed by atoms with Gasteiger partial charge in [0, 0.05) is 11.5 Å². The summed E-state index contributed by atoms with van der Waals surface area (Å²) in [4.78, 5) is 15.1. The van der Waals surface area contributed by atoms with Crippen LogP contribution >= 0.6 is 11.5 Å². The molecule has 0 saturated heterocycles. The van der Waals surface area contributed by atoms with Crippen LogP contribution in [0.2, 0.25) is 0 Å². The fourth-order valence-corrected chi connectivity index (χ4v) is 2.15. The number of aromatic nitrogens is 2. The van der Waals surface area contributed by atoms with Crippen molar-refractivity contribution in [2.24, 2.45) is 0 Å². The van der Waals surface area contributed by atoms with Gasteiger partial charge in [-0.25, -0.2) is 9.78 Å². The van der Waals surface area contributed by atoms with Crippen molar-refractivity contribution < 1.29 is 9.90 Å². The van der Waals surface area contributed by atoms with Gasteiger partial charge in [-0.3, -0.25) is 0 Å². The van der Waals surface area contributed by atoms with E-state index in [4.69, 9.17) is 5.11 Å². The first kappa shape index (κ1) is 9.39. The maximum Gasteiger partial charge on any atom is 0.329 e. The molecule has 0 aliphatic heterocycles. The Labute approximate surface area is 85.3 Å². The van der Waals surface area contributed by atoms with E-state index < -0.39 is 11.5 Å². The number of carbonyl (C=O) groups is 1. The second kappa shape index (κ2) is 3.20. The number of nitrogens with one attached hydrogen (secondary N) is 1. The van der Waals surface area contributed by atoms with Gasteiger partial charge in [0.05, 0.1) is 0 Å². The Hall–Kier alpha value is -1.17. The Morgan fingerprint density at radius 3 is 2.71 bits per heavy atom. The van der Waals surface area contributed by atoms with Gasteiger partial charge in [-0.15, -0.1) is 0 Å². The van der Waals surface area contributed by atoms with E-state index in [1.165, 1.54) is 11.5 Å². The Kier molecular flexibility index (Phi) is 2.14. The predicted octanol–water partition coefficient (Wildman–Crippen LogP) is 1.27. The highest BCUT2D eigenvalue weighted by molar-refractivity contribution is 7.09. The molecule has 1 fully saturated rings. The molecule has 1 aliphatic carbocycles. The van der Waals surface area contributed by atoms with E-state index in [1.807, 2.05) is 0 Å². The van der Waals surface area contributed by atoms with Crippen molar-refractivity contribution in [3.63, 3.8) is 0 Å². The second-order valence-corrected chi connectivity index (χ2v) is 4.26. The molecule has 2 rings (SSSR count). The molecule has 6 heteroatoms. The van der Waals surface area contributed by atoms with Gasteiger partial charge >= 0.3 is 5.97 Å². The van der Waals surface area contributed by atoms with Crippen LogP contribution in [0.25, 0.3) is 0 Å². The Morgan fingerprint density at radius 1 is 1.64 bits per heavy atom. The summed E-state index contributed by atoms with van der Waals surface area (Å²) in [7, 11) is 0. The normalized spacial score (nSPS) is 18.6. The van der Waals surface area contributed by atoms with Gasteiger partial charge in [-0.1, -0.05) is 0 Å². The highest BCUT2D eigenvalue weighted by atomic mass is 32.1. The molecule has 1 aromatic heterocycles. The Morgan fingerprint density at radius 2 is 2.36 bits per heavy atom. The summed E-state index contributed by atoms with van der Waals surface area (Å²) in [6.45, 7) is 1.79. The summed E-state index contributed by atoms with van der Waals surface area (Å²) in [5.74, 6) is -0.117. The van der Waals surface area contributed by atoms with Crippen LogP contribution in [0.1, 0.15) is 25.1 Å². The summed E-state index contributed by atoms with van der Waals surface area (Å²) in [5.41, 5.74) is -0.786. The first-order valence-corrected chi connectivity index (χ1v) is 5.22. The lowest BCUT2D eigenvalue weighted by Crippen LogP contribution is -2.52. The van der Waals surface area contributed by atoms with E-state index in [2.05, 4.69) is 14.7 Å². The number of nitrogens with zero attached hydrogens (tertiary/aromatic N) is 2. The summed E-state index contributed by atoms with van der Waals surface area (Å²) in [6, 6.07) is 0. The van der Waals surface area contributed by atoms with Crippen molar-refractivity contribution in [2.75, 3.05) is 5.32 Å². The van der Waals surface area contributed by atoms with Crippen LogP contribution in [0.15, 0.2) is 0 Å². The molecule has 14 heavy (non-hydrogen) atoms. The Bertz CT molecular complexity index is 359. The molecule has 0 radical (unpaired) electrons. The number of carboxylic acids is 1. The van der Waals surface area contributed by atoms with Gasteiger partial charge in [0.1, 0.15) is 11.4 Å². The molecule has 5 nitrogen and oxygen atoms in total. The summed E-state index contributed by atoms with van der Waals surface area (Å²) in [6.07, 6.45) is 2.29. The fourth-order valence-electron chi connectivity index (χ4n) is 1.48. The smallest absolute Gasteiger partial charge is 0.329 e. The molecule has 1 saturated carbocycles. The summed E-state index contributed by atoms with van der Waals surface area (Å²) < 4.78 is 3.99. The van der Waals surface area contributed by atoms with Gasteiger partial charge in [0.25, 0.3) is 0 Å². The van der Waals surface area contributed by atoms with Crippen molar-refractivity contribution in [3.8, 4) is 0 Å². The predicted molar refractivity (Wildman–Crippen MR) is 52.5 cm³/mol. The van der Waals surface area contributed by atoms with E-state index >= 15 is 0 Å². The average molecular weight is 213 g/mol. The monoisotopic (exact) mass is 213 g/mol. The highest BCUT2D eigenvalue weighted by Gasteiger charge is 2.45. The minimum absolute atomic E-state index is 0.601. The zero-order valence-corrected chi connectivity index (χ0v) is 8.60. The van der Waals surface area contributed by atoms with Crippen molar-refractivity contribution >= 4 is 22.6 Å². The minimum atomic E-state index is -0.795. The summed E-state index contributed by atoms with van der Waals surface area (Å²) >= 11 is 1.21. The summed E-state index contributed by atoms with van der Waals surface area (Å²) in [5, 5.41) is 12.6. The SMILES string of the molecule is Cc1nsc(NC2(C(=O)O)CCC2)n1. The topological polar surface area (TPSA) is 75.1 Å². The van der Waals surface area contributed by atoms with E-state index in [0.717, 1.165) is 6.42 Å². The lowest BCUT2D eigenvalue weighted by atomic mass is 9.77. The molecule has 0 unspecified atom stereocenters. The Balaban J connectivity index is 2.12. The third kappa shape index (κ3) is 1.45. The van der Waals surface area contributed by atoms with Crippen LogP contribution in [0.5, 0.6) is 0 Å². The molecular weight excluding hydrogens is 202 g/mol. The van der Waals surface area contributed by atoms with E-state index in [0.29, 0.717) is 23.8 Å². The van der Waals surface area contributed by atoms with E-state index in [-0.39, 0.29) is 0 Å². The van der Waals surface area contributed by atoms with Gasteiger partial charge in [-0.05, 0) is 26.2 Å². The van der Waals surface area contributed by atoms with E-state index in [1.54, 1.807) is 6.92 Å². The van der Waals surface area contributed by atoms with Crippen molar-refractivity contribution in [1.82, 2.24) is 9.36 Å². The van der Waals surface area contributed by atoms with Gasteiger partial charge < -0.3 is 10.4 Å². The minimum Gasteiger partial charge on any atom is -0.480 e.